The van der Waals surface area contributed by atoms with Crippen LogP contribution in [0.1, 0.15) is 43.0 Å². The summed E-state index contributed by atoms with van der Waals surface area (Å²) in [5.41, 5.74) is 0.134. The summed E-state index contributed by atoms with van der Waals surface area (Å²) in [6, 6.07) is 7.28. The first-order valence-electron chi connectivity index (χ1n) is 6.54. The number of hydrogen-bond acceptors (Lipinski definition) is 3. The highest BCUT2D eigenvalue weighted by atomic mass is 16.5. The van der Waals surface area contributed by atoms with Gasteiger partial charge >= 0.3 is 0 Å². The molecule has 0 bridgehead atoms. The average molecular weight is 248 g/mol. The van der Waals surface area contributed by atoms with E-state index in [1.54, 1.807) is 7.11 Å². The van der Waals surface area contributed by atoms with E-state index in [1.165, 1.54) is 0 Å². The summed E-state index contributed by atoms with van der Waals surface area (Å²) in [6.45, 7) is 2.53. The Hall–Kier alpha value is -1.35. The van der Waals surface area contributed by atoms with Gasteiger partial charge in [-0.3, -0.25) is 4.79 Å². The van der Waals surface area contributed by atoms with Crippen molar-refractivity contribution in [3.63, 3.8) is 0 Å². The van der Waals surface area contributed by atoms with Crippen molar-refractivity contribution in [2.45, 2.75) is 38.2 Å². The van der Waals surface area contributed by atoms with Gasteiger partial charge in [0.05, 0.1) is 7.11 Å². The summed E-state index contributed by atoms with van der Waals surface area (Å²) in [5.74, 6) is 0.882. The highest BCUT2D eigenvalue weighted by Gasteiger charge is 2.42. The van der Waals surface area contributed by atoms with Gasteiger partial charge in [-0.1, -0.05) is 0 Å². The van der Waals surface area contributed by atoms with E-state index < -0.39 is 5.60 Å². The van der Waals surface area contributed by atoms with Crippen molar-refractivity contribution in [1.82, 2.24) is 0 Å². The van der Waals surface area contributed by atoms with Crippen LogP contribution in [0.15, 0.2) is 24.3 Å². The quantitative estimate of drug-likeness (QED) is 0.750. The fourth-order valence-corrected chi connectivity index (χ4v) is 2.66. The van der Waals surface area contributed by atoms with Gasteiger partial charge in [-0.05, 0) is 56.9 Å². The standard InChI is InChI=1S/C15H20O3/c1-3-18-15(10-4-5-11-15)14(16)12-6-8-13(17-2)9-7-12/h6-9H,3-5,10-11H2,1-2H3. The molecule has 2 rings (SSSR count). The van der Waals surface area contributed by atoms with Crippen LogP contribution in [0, 0.1) is 0 Å². The highest BCUT2D eigenvalue weighted by molar-refractivity contribution is 6.02. The molecule has 1 aliphatic rings. The van der Waals surface area contributed by atoms with Crippen LogP contribution in [-0.4, -0.2) is 25.1 Å². The van der Waals surface area contributed by atoms with E-state index in [-0.39, 0.29) is 5.78 Å². The van der Waals surface area contributed by atoms with Crippen molar-refractivity contribution in [3.8, 4) is 5.75 Å². The topological polar surface area (TPSA) is 35.5 Å². The van der Waals surface area contributed by atoms with Crippen molar-refractivity contribution in [2.24, 2.45) is 0 Å². The van der Waals surface area contributed by atoms with Crippen LogP contribution < -0.4 is 4.74 Å². The fourth-order valence-electron chi connectivity index (χ4n) is 2.66. The molecule has 0 heterocycles. The van der Waals surface area contributed by atoms with Gasteiger partial charge in [-0.15, -0.1) is 0 Å². The lowest BCUT2D eigenvalue weighted by atomic mass is 9.91. The van der Waals surface area contributed by atoms with E-state index in [0.29, 0.717) is 12.2 Å². The van der Waals surface area contributed by atoms with Crippen LogP contribution in [0.4, 0.5) is 0 Å². The van der Waals surface area contributed by atoms with Crippen LogP contribution in [-0.2, 0) is 4.74 Å². The molecule has 0 atom stereocenters. The molecule has 0 saturated heterocycles. The maximum absolute atomic E-state index is 12.6. The number of ether oxygens (including phenoxy) is 2. The van der Waals surface area contributed by atoms with Gasteiger partial charge in [0.2, 0.25) is 0 Å². The third-order valence-electron chi connectivity index (χ3n) is 3.60. The minimum absolute atomic E-state index is 0.115. The minimum atomic E-state index is -0.580. The van der Waals surface area contributed by atoms with E-state index in [9.17, 15) is 4.79 Å². The van der Waals surface area contributed by atoms with Crippen LogP contribution in [0.2, 0.25) is 0 Å². The molecule has 1 aliphatic carbocycles. The molecule has 1 aromatic carbocycles. The molecule has 3 nitrogen and oxygen atoms in total. The van der Waals surface area contributed by atoms with E-state index in [2.05, 4.69) is 0 Å². The molecule has 0 amide bonds. The van der Waals surface area contributed by atoms with Gasteiger partial charge < -0.3 is 9.47 Å². The maximum Gasteiger partial charge on any atom is 0.194 e. The van der Waals surface area contributed by atoms with Gasteiger partial charge in [0.15, 0.2) is 5.78 Å². The molecule has 0 spiro atoms. The van der Waals surface area contributed by atoms with Crippen LogP contribution in [0.25, 0.3) is 0 Å². The van der Waals surface area contributed by atoms with Crippen molar-refractivity contribution in [1.29, 1.82) is 0 Å². The molecule has 0 radical (unpaired) electrons. The molecule has 0 unspecified atom stereocenters. The molecular formula is C15H20O3. The largest absolute Gasteiger partial charge is 0.497 e. The number of benzene rings is 1. The van der Waals surface area contributed by atoms with E-state index in [4.69, 9.17) is 9.47 Å². The first-order chi connectivity index (χ1) is 8.72. The van der Waals surface area contributed by atoms with Crippen molar-refractivity contribution < 1.29 is 14.3 Å². The Labute approximate surface area is 108 Å². The third-order valence-corrected chi connectivity index (χ3v) is 3.60. The van der Waals surface area contributed by atoms with Crippen molar-refractivity contribution in [2.75, 3.05) is 13.7 Å². The van der Waals surface area contributed by atoms with Crippen molar-refractivity contribution >= 4 is 5.78 Å². The summed E-state index contributed by atoms with van der Waals surface area (Å²) in [7, 11) is 1.62. The molecule has 3 heteroatoms. The van der Waals surface area contributed by atoms with Gasteiger partial charge in [-0.2, -0.15) is 0 Å². The molecule has 0 N–H and O–H groups in total. The lowest BCUT2D eigenvalue weighted by Crippen LogP contribution is -2.38. The summed E-state index contributed by atoms with van der Waals surface area (Å²) < 4.78 is 10.9. The van der Waals surface area contributed by atoms with Gasteiger partial charge in [-0.25, -0.2) is 0 Å². The van der Waals surface area contributed by atoms with Crippen LogP contribution >= 0.6 is 0 Å². The first kappa shape index (κ1) is 13.1. The third kappa shape index (κ3) is 2.41. The van der Waals surface area contributed by atoms with Crippen LogP contribution in [0.3, 0.4) is 0 Å². The first-order valence-corrected chi connectivity index (χ1v) is 6.54. The SMILES string of the molecule is CCOC1(C(=O)c2ccc(OC)cc2)CCCC1. The monoisotopic (exact) mass is 248 g/mol. The predicted octanol–water partition coefficient (Wildman–Crippen LogP) is 3.23. The Morgan fingerprint density at radius 2 is 1.83 bits per heavy atom. The second-order valence-corrected chi connectivity index (χ2v) is 4.69. The number of ketones is 1. The fraction of sp³-hybridized carbons (Fsp3) is 0.533. The summed E-state index contributed by atoms with van der Waals surface area (Å²) >= 11 is 0. The van der Waals surface area contributed by atoms with E-state index in [0.717, 1.165) is 31.4 Å². The number of rotatable bonds is 5. The average Bonchev–Trinajstić information content (AvgIpc) is 2.88. The van der Waals surface area contributed by atoms with E-state index in [1.807, 2.05) is 31.2 Å². The molecule has 18 heavy (non-hydrogen) atoms. The number of Topliss-reactive ketones (excluding diaryl/α,β-unsaturated/α-hetero) is 1. The number of carbonyl (C=O) groups is 1. The maximum atomic E-state index is 12.6. The lowest BCUT2D eigenvalue weighted by molar-refractivity contribution is -0.0163. The molecule has 0 aliphatic heterocycles. The Morgan fingerprint density at radius 1 is 1.22 bits per heavy atom. The second-order valence-electron chi connectivity index (χ2n) is 4.69. The smallest absolute Gasteiger partial charge is 0.194 e. The molecule has 1 aromatic rings. The number of methoxy groups -OCH3 is 1. The lowest BCUT2D eigenvalue weighted by Gasteiger charge is -2.27. The molecular weight excluding hydrogens is 228 g/mol. The number of carbonyl (C=O) groups excluding carboxylic acids is 1. The van der Waals surface area contributed by atoms with Gasteiger partial charge in [0.25, 0.3) is 0 Å². The van der Waals surface area contributed by atoms with Gasteiger partial charge in [0, 0.05) is 12.2 Å². The Bertz CT molecular complexity index is 402. The van der Waals surface area contributed by atoms with Gasteiger partial charge in [0.1, 0.15) is 11.4 Å². The minimum Gasteiger partial charge on any atom is -0.497 e. The molecule has 1 saturated carbocycles. The zero-order valence-electron chi connectivity index (χ0n) is 11.1. The molecule has 98 valence electrons. The zero-order valence-corrected chi connectivity index (χ0v) is 11.1. The normalized spacial score (nSPS) is 17.7. The summed E-state index contributed by atoms with van der Waals surface area (Å²) in [5, 5.41) is 0. The highest BCUT2D eigenvalue weighted by Crippen LogP contribution is 2.36. The van der Waals surface area contributed by atoms with E-state index >= 15 is 0 Å². The summed E-state index contributed by atoms with van der Waals surface area (Å²) in [6.07, 6.45) is 3.82. The molecule has 1 fully saturated rings. The summed E-state index contributed by atoms with van der Waals surface area (Å²) in [4.78, 5) is 12.6. The Balaban J connectivity index is 2.22. The second kappa shape index (κ2) is 5.53. The molecule has 0 aromatic heterocycles. The van der Waals surface area contributed by atoms with Crippen LogP contribution in [0.5, 0.6) is 5.75 Å². The predicted molar refractivity (Wildman–Crippen MR) is 70.1 cm³/mol. The van der Waals surface area contributed by atoms with Crippen molar-refractivity contribution in [3.05, 3.63) is 29.8 Å². The Kier molecular flexibility index (Phi) is 4.02. The zero-order chi connectivity index (χ0) is 13.0. The Morgan fingerprint density at radius 3 is 2.33 bits per heavy atom. The number of hydrogen-bond donors (Lipinski definition) is 0.